The molecule has 14 heavy (non-hydrogen) atoms. The molecule has 0 radical (unpaired) electrons. The van der Waals surface area contributed by atoms with E-state index in [4.69, 9.17) is 4.74 Å². The van der Waals surface area contributed by atoms with Crippen LogP contribution in [0.5, 0.6) is 0 Å². The lowest BCUT2D eigenvalue weighted by molar-refractivity contribution is -0.134. The van der Waals surface area contributed by atoms with Crippen molar-refractivity contribution in [2.45, 2.75) is 6.92 Å². The number of carbonyl (C=O) groups excluding carboxylic acids is 1. The highest BCUT2D eigenvalue weighted by Crippen LogP contribution is 2.34. The fourth-order valence-electron chi connectivity index (χ4n) is 1.42. The Kier molecular flexibility index (Phi) is 1.97. The molecule has 0 fully saturated rings. The van der Waals surface area contributed by atoms with Crippen molar-refractivity contribution in [1.29, 1.82) is 0 Å². The number of fused-ring (bicyclic) bond motifs is 1. The van der Waals surface area contributed by atoms with Crippen molar-refractivity contribution in [2.75, 3.05) is 0 Å². The first-order chi connectivity index (χ1) is 6.70. The molecule has 0 spiro atoms. The molecule has 1 aromatic rings. The zero-order chi connectivity index (χ0) is 10.1. The SMILES string of the molecule is C=Cc1ccc2c(c1)C(OC(C)=O)=C2. The maximum atomic E-state index is 10.7. The summed E-state index contributed by atoms with van der Waals surface area (Å²) in [6.07, 6.45) is 3.62. The summed E-state index contributed by atoms with van der Waals surface area (Å²) >= 11 is 0. The molecule has 0 aliphatic heterocycles. The Labute approximate surface area is 82.5 Å². The van der Waals surface area contributed by atoms with E-state index < -0.39 is 0 Å². The smallest absolute Gasteiger partial charge is 0.308 e. The van der Waals surface area contributed by atoms with Gasteiger partial charge in [0.05, 0.1) is 0 Å². The third kappa shape index (κ3) is 1.35. The predicted octanol–water partition coefficient (Wildman–Crippen LogP) is 2.70. The molecule has 0 unspecified atom stereocenters. The van der Waals surface area contributed by atoms with Gasteiger partial charge in [-0.05, 0) is 23.3 Å². The molecule has 1 aliphatic rings. The van der Waals surface area contributed by atoms with Crippen molar-refractivity contribution in [3.8, 4) is 0 Å². The number of carbonyl (C=O) groups is 1. The molecule has 0 bridgehead atoms. The standard InChI is InChI=1S/C12H10O2/c1-3-9-4-5-10-7-12(11(10)6-9)14-8(2)13/h3-7H,1H2,2H3. The van der Waals surface area contributed by atoms with Crippen molar-refractivity contribution < 1.29 is 9.53 Å². The van der Waals surface area contributed by atoms with E-state index in [1.807, 2.05) is 24.3 Å². The van der Waals surface area contributed by atoms with Crippen molar-refractivity contribution in [3.05, 3.63) is 41.5 Å². The van der Waals surface area contributed by atoms with E-state index >= 15 is 0 Å². The number of rotatable bonds is 2. The molecular weight excluding hydrogens is 176 g/mol. The van der Waals surface area contributed by atoms with E-state index in [2.05, 4.69) is 6.58 Å². The molecular formula is C12H10O2. The minimum Gasteiger partial charge on any atom is -0.426 e. The molecule has 0 atom stereocenters. The summed E-state index contributed by atoms with van der Waals surface area (Å²) in [7, 11) is 0. The number of benzene rings is 1. The molecule has 2 nitrogen and oxygen atoms in total. The summed E-state index contributed by atoms with van der Waals surface area (Å²) < 4.78 is 5.00. The van der Waals surface area contributed by atoms with Gasteiger partial charge in [0.2, 0.25) is 0 Å². The lowest BCUT2D eigenvalue weighted by Gasteiger charge is -2.18. The van der Waals surface area contributed by atoms with Crippen LogP contribution in [0.2, 0.25) is 0 Å². The van der Waals surface area contributed by atoms with Gasteiger partial charge in [-0.1, -0.05) is 24.8 Å². The highest BCUT2D eigenvalue weighted by atomic mass is 16.5. The lowest BCUT2D eigenvalue weighted by Crippen LogP contribution is -2.06. The van der Waals surface area contributed by atoms with Crippen LogP contribution < -0.4 is 0 Å². The van der Waals surface area contributed by atoms with Gasteiger partial charge in [-0.2, -0.15) is 0 Å². The molecule has 0 heterocycles. The Morgan fingerprint density at radius 1 is 1.50 bits per heavy atom. The summed E-state index contributed by atoms with van der Waals surface area (Å²) in [5.74, 6) is 0.363. The monoisotopic (exact) mass is 186 g/mol. The van der Waals surface area contributed by atoms with Crippen LogP contribution in [0.25, 0.3) is 17.9 Å². The van der Waals surface area contributed by atoms with Crippen LogP contribution in [-0.2, 0) is 9.53 Å². The molecule has 0 N–H and O–H groups in total. The third-order valence-corrected chi connectivity index (χ3v) is 2.12. The van der Waals surface area contributed by atoms with Crippen LogP contribution >= 0.6 is 0 Å². The molecule has 0 saturated carbocycles. The van der Waals surface area contributed by atoms with Crippen molar-refractivity contribution in [2.24, 2.45) is 0 Å². The minimum atomic E-state index is -0.286. The maximum absolute atomic E-state index is 10.7. The van der Waals surface area contributed by atoms with Crippen LogP contribution in [0.15, 0.2) is 24.8 Å². The van der Waals surface area contributed by atoms with Gasteiger partial charge < -0.3 is 4.74 Å². The zero-order valence-electron chi connectivity index (χ0n) is 7.91. The van der Waals surface area contributed by atoms with Crippen LogP contribution in [0.1, 0.15) is 23.6 Å². The largest absolute Gasteiger partial charge is 0.426 e. The molecule has 2 rings (SSSR count). The lowest BCUT2D eigenvalue weighted by atomic mass is 9.93. The van der Waals surface area contributed by atoms with E-state index in [0.29, 0.717) is 5.76 Å². The zero-order valence-corrected chi connectivity index (χ0v) is 7.91. The minimum absolute atomic E-state index is 0.286. The van der Waals surface area contributed by atoms with E-state index in [9.17, 15) is 4.79 Å². The Hall–Kier alpha value is -1.83. The van der Waals surface area contributed by atoms with Gasteiger partial charge in [0.1, 0.15) is 5.76 Å². The van der Waals surface area contributed by atoms with Crippen LogP contribution in [-0.4, -0.2) is 5.97 Å². The van der Waals surface area contributed by atoms with Gasteiger partial charge in [-0.25, -0.2) is 0 Å². The van der Waals surface area contributed by atoms with Crippen LogP contribution in [0.3, 0.4) is 0 Å². The first-order valence-electron chi connectivity index (χ1n) is 4.37. The Morgan fingerprint density at radius 3 is 2.93 bits per heavy atom. The summed E-state index contributed by atoms with van der Waals surface area (Å²) in [6.45, 7) is 5.08. The second kappa shape index (κ2) is 3.14. The molecule has 0 amide bonds. The number of hydrogen-bond donors (Lipinski definition) is 0. The molecule has 0 saturated heterocycles. The van der Waals surface area contributed by atoms with E-state index in [-0.39, 0.29) is 5.97 Å². The average molecular weight is 186 g/mol. The van der Waals surface area contributed by atoms with Gasteiger partial charge in [-0.15, -0.1) is 0 Å². The Morgan fingerprint density at radius 2 is 2.29 bits per heavy atom. The fraction of sp³-hybridized carbons (Fsp3) is 0.0833. The average Bonchev–Trinajstić information content (AvgIpc) is 2.14. The van der Waals surface area contributed by atoms with Gasteiger partial charge in [0.15, 0.2) is 0 Å². The Balaban J connectivity index is 2.28. The topological polar surface area (TPSA) is 26.3 Å². The molecule has 1 aliphatic carbocycles. The van der Waals surface area contributed by atoms with E-state index in [1.165, 1.54) is 6.92 Å². The molecule has 1 aromatic carbocycles. The first kappa shape index (κ1) is 8.75. The van der Waals surface area contributed by atoms with E-state index in [1.54, 1.807) is 6.08 Å². The number of hydrogen-bond acceptors (Lipinski definition) is 2. The Bertz CT molecular complexity index is 442. The van der Waals surface area contributed by atoms with Gasteiger partial charge >= 0.3 is 5.97 Å². The van der Waals surface area contributed by atoms with Crippen LogP contribution in [0, 0.1) is 0 Å². The highest BCUT2D eigenvalue weighted by molar-refractivity contribution is 5.96. The number of ether oxygens (including phenoxy) is 1. The first-order valence-corrected chi connectivity index (χ1v) is 4.37. The normalized spacial score (nSPS) is 12.2. The van der Waals surface area contributed by atoms with Crippen molar-refractivity contribution in [3.63, 3.8) is 0 Å². The highest BCUT2D eigenvalue weighted by Gasteiger charge is 2.18. The molecule has 0 aromatic heterocycles. The van der Waals surface area contributed by atoms with E-state index in [0.717, 1.165) is 16.7 Å². The predicted molar refractivity (Wildman–Crippen MR) is 56.2 cm³/mol. The second-order valence-electron chi connectivity index (χ2n) is 3.15. The molecule has 70 valence electrons. The van der Waals surface area contributed by atoms with Crippen molar-refractivity contribution in [1.82, 2.24) is 0 Å². The fourth-order valence-corrected chi connectivity index (χ4v) is 1.42. The number of esters is 1. The van der Waals surface area contributed by atoms with Crippen molar-refractivity contribution >= 4 is 23.9 Å². The van der Waals surface area contributed by atoms with Gasteiger partial charge in [0, 0.05) is 12.5 Å². The van der Waals surface area contributed by atoms with Gasteiger partial charge in [0.25, 0.3) is 0 Å². The quantitative estimate of drug-likeness (QED) is 0.664. The summed E-state index contributed by atoms with van der Waals surface area (Å²) in [5.41, 5.74) is 3.12. The van der Waals surface area contributed by atoms with Gasteiger partial charge in [-0.3, -0.25) is 4.79 Å². The summed E-state index contributed by atoms with van der Waals surface area (Å²) in [4.78, 5) is 10.7. The summed E-state index contributed by atoms with van der Waals surface area (Å²) in [6, 6.07) is 5.92. The third-order valence-electron chi connectivity index (χ3n) is 2.12. The summed E-state index contributed by atoms with van der Waals surface area (Å²) in [5, 5.41) is 0. The maximum Gasteiger partial charge on any atom is 0.308 e. The van der Waals surface area contributed by atoms with Crippen LogP contribution in [0.4, 0.5) is 0 Å². The second-order valence-corrected chi connectivity index (χ2v) is 3.15. The molecule has 2 heteroatoms.